The van der Waals surface area contributed by atoms with Crippen LogP contribution in [-0.4, -0.2) is 29.0 Å². The summed E-state index contributed by atoms with van der Waals surface area (Å²) >= 11 is 5.78. The van der Waals surface area contributed by atoms with Gasteiger partial charge in [0.25, 0.3) is 0 Å². The third-order valence-electron chi connectivity index (χ3n) is 2.10. The van der Waals surface area contributed by atoms with Gasteiger partial charge < -0.3 is 0 Å². The molecular weight excluding hydrogens is 296 g/mol. The molecule has 0 amide bonds. The Labute approximate surface area is 111 Å². The van der Waals surface area contributed by atoms with Gasteiger partial charge in [0, 0.05) is 10.5 Å². The maximum Gasteiger partial charge on any atom is 0.239 e. The number of hydrogen-bond acceptors (Lipinski definition) is 6. The van der Waals surface area contributed by atoms with E-state index in [9.17, 15) is 8.42 Å². The highest BCUT2D eigenvalue weighted by molar-refractivity contribution is 7.89. The maximum absolute atomic E-state index is 11.4. The second-order valence-electron chi connectivity index (χ2n) is 3.27. The summed E-state index contributed by atoms with van der Waals surface area (Å²) < 4.78 is 22.7. The number of primary sulfonamides is 1. The van der Waals surface area contributed by atoms with Crippen LogP contribution in [0.4, 0.5) is 5.69 Å². The Morgan fingerprint density at radius 3 is 2.74 bits per heavy atom. The minimum atomic E-state index is -4.03. The van der Waals surface area contributed by atoms with Crippen LogP contribution in [0.5, 0.6) is 0 Å². The Balaban J connectivity index is 2.79. The predicted molar refractivity (Wildman–Crippen MR) is 64.8 cm³/mol. The summed E-state index contributed by atoms with van der Waals surface area (Å²) in [5.41, 5.74) is 8.67. The van der Waals surface area contributed by atoms with Gasteiger partial charge in [-0.1, -0.05) is 16.7 Å². The third kappa shape index (κ3) is 2.63. The molecule has 3 N–H and O–H groups in total. The second kappa shape index (κ2) is 4.82. The fourth-order valence-corrected chi connectivity index (χ4v) is 2.44. The molecule has 0 aliphatic heterocycles. The fraction of sp³-hybridized carbons (Fsp3) is 0. The number of aromatic nitrogens is 4. The molecule has 0 bridgehead atoms. The van der Waals surface area contributed by atoms with Crippen molar-refractivity contribution in [3.05, 3.63) is 27.6 Å². The molecule has 0 atom stereocenters. The molecule has 0 unspecified atom stereocenters. The van der Waals surface area contributed by atoms with Gasteiger partial charge in [-0.2, -0.15) is 5.21 Å². The van der Waals surface area contributed by atoms with Crippen LogP contribution in [0.2, 0.25) is 5.02 Å². The van der Waals surface area contributed by atoms with E-state index in [1.165, 1.54) is 0 Å². The molecule has 0 aliphatic carbocycles. The minimum Gasteiger partial charge on any atom is -0.225 e. The molecule has 0 spiro atoms. The van der Waals surface area contributed by atoms with Gasteiger partial charge in [0.15, 0.2) is 0 Å². The van der Waals surface area contributed by atoms with E-state index in [0.29, 0.717) is 0 Å². The lowest BCUT2D eigenvalue weighted by atomic mass is 10.2. The van der Waals surface area contributed by atoms with Crippen LogP contribution >= 0.6 is 11.6 Å². The zero-order chi connectivity index (χ0) is 14.0. The van der Waals surface area contributed by atoms with Gasteiger partial charge in [-0.15, -0.1) is 10.2 Å². The third-order valence-corrected chi connectivity index (χ3v) is 3.47. The van der Waals surface area contributed by atoms with Crippen molar-refractivity contribution < 1.29 is 8.42 Å². The lowest BCUT2D eigenvalue weighted by Gasteiger charge is -2.06. The predicted octanol–water partition coefficient (Wildman–Crippen LogP) is 1.11. The summed E-state index contributed by atoms with van der Waals surface area (Å²) in [5, 5.41) is 21.1. The first-order chi connectivity index (χ1) is 8.93. The van der Waals surface area contributed by atoms with Gasteiger partial charge in [0.05, 0.1) is 10.7 Å². The van der Waals surface area contributed by atoms with E-state index >= 15 is 0 Å². The van der Waals surface area contributed by atoms with Crippen molar-refractivity contribution in [2.24, 2.45) is 10.3 Å². The number of rotatable bonds is 3. The number of sulfonamides is 1. The Morgan fingerprint density at radius 1 is 1.47 bits per heavy atom. The SMILES string of the molecule is [N-]=[N+]=Nc1cc(Cl)c(S(N)(=O)=O)cc1-c1nn[nH]n1. The Bertz CT molecular complexity index is 765. The summed E-state index contributed by atoms with van der Waals surface area (Å²) in [6, 6.07) is 2.28. The average molecular weight is 301 g/mol. The number of nitrogens with one attached hydrogen (secondary N) is 1. The van der Waals surface area contributed by atoms with Crippen molar-refractivity contribution in [3.8, 4) is 11.4 Å². The first-order valence-electron chi connectivity index (χ1n) is 4.58. The van der Waals surface area contributed by atoms with Crippen molar-refractivity contribution in [3.63, 3.8) is 0 Å². The van der Waals surface area contributed by atoms with Gasteiger partial charge >= 0.3 is 0 Å². The molecule has 0 fully saturated rings. The fourth-order valence-electron chi connectivity index (χ4n) is 1.35. The van der Waals surface area contributed by atoms with Gasteiger partial charge in [0.1, 0.15) is 4.90 Å². The second-order valence-corrected chi connectivity index (χ2v) is 5.21. The smallest absolute Gasteiger partial charge is 0.225 e. The molecule has 2 rings (SSSR count). The first kappa shape index (κ1) is 13.2. The van der Waals surface area contributed by atoms with Gasteiger partial charge in [-0.3, -0.25) is 0 Å². The molecule has 19 heavy (non-hydrogen) atoms. The van der Waals surface area contributed by atoms with Crippen molar-refractivity contribution in [2.45, 2.75) is 4.90 Å². The number of H-pyrrole nitrogens is 1. The Hall–Kier alpha value is -2.20. The first-order valence-corrected chi connectivity index (χ1v) is 6.51. The van der Waals surface area contributed by atoms with E-state index < -0.39 is 10.0 Å². The van der Waals surface area contributed by atoms with Crippen molar-refractivity contribution >= 4 is 27.3 Å². The molecule has 12 heteroatoms. The summed E-state index contributed by atoms with van der Waals surface area (Å²) in [6.07, 6.45) is 0. The average Bonchev–Trinajstić information content (AvgIpc) is 2.81. The Kier molecular flexibility index (Phi) is 3.36. The van der Waals surface area contributed by atoms with E-state index in [-0.39, 0.29) is 27.0 Å². The van der Waals surface area contributed by atoms with E-state index in [4.69, 9.17) is 22.3 Å². The van der Waals surface area contributed by atoms with Crippen LogP contribution in [0.3, 0.4) is 0 Å². The molecule has 98 valence electrons. The van der Waals surface area contributed by atoms with Crippen LogP contribution in [0.1, 0.15) is 0 Å². The maximum atomic E-state index is 11.4. The number of halogens is 1. The number of benzene rings is 1. The zero-order valence-electron chi connectivity index (χ0n) is 9.02. The quantitative estimate of drug-likeness (QED) is 0.491. The lowest BCUT2D eigenvalue weighted by Crippen LogP contribution is -2.12. The topological polar surface area (TPSA) is 163 Å². The summed E-state index contributed by atoms with van der Waals surface area (Å²) in [5.74, 6) is 0.0453. The zero-order valence-corrected chi connectivity index (χ0v) is 10.6. The monoisotopic (exact) mass is 300 g/mol. The molecule has 1 aromatic carbocycles. The van der Waals surface area contributed by atoms with Crippen molar-refractivity contribution in [2.75, 3.05) is 0 Å². The van der Waals surface area contributed by atoms with Crippen molar-refractivity contribution in [1.29, 1.82) is 0 Å². The molecular formula is C7H5ClN8O2S. The van der Waals surface area contributed by atoms with Crippen molar-refractivity contribution in [1.82, 2.24) is 20.6 Å². The normalized spacial score (nSPS) is 11.1. The van der Waals surface area contributed by atoms with E-state index in [1.807, 2.05) is 0 Å². The molecule has 0 saturated heterocycles. The lowest BCUT2D eigenvalue weighted by molar-refractivity contribution is 0.598. The van der Waals surface area contributed by atoms with Crippen LogP contribution in [-0.2, 0) is 10.0 Å². The van der Waals surface area contributed by atoms with Gasteiger partial charge in [-0.05, 0) is 22.9 Å². The summed E-state index contributed by atoms with van der Waals surface area (Å²) in [6.45, 7) is 0. The standard InChI is InChI=1S/C7H5ClN8O2S/c8-4-2-5(11-14-9)3(7-12-15-16-13-7)1-6(4)19(10,17)18/h1-2H,(H2,10,17,18)(H,12,13,15,16). The highest BCUT2D eigenvalue weighted by atomic mass is 35.5. The van der Waals surface area contributed by atoms with E-state index in [0.717, 1.165) is 12.1 Å². The summed E-state index contributed by atoms with van der Waals surface area (Å²) in [7, 11) is -4.03. The molecule has 10 nitrogen and oxygen atoms in total. The molecule has 2 aromatic rings. The number of hydrogen-bond donors (Lipinski definition) is 2. The number of nitrogens with zero attached hydrogens (tertiary/aromatic N) is 6. The number of azide groups is 1. The van der Waals surface area contributed by atoms with Gasteiger partial charge in [-0.25, -0.2) is 13.6 Å². The van der Waals surface area contributed by atoms with Gasteiger partial charge in [0.2, 0.25) is 15.8 Å². The van der Waals surface area contributed by atoms with Crippen LogP contribution in [0.25, 0.3) is 21.8 Å². The summed E-state index contributed by atoms with van der Waals surface area (Å²) in [4.78, 5) is 2.28. The minimum absolute atomic E-state index is 0.0453. The molecule has 0 radical (unpaired) electrons. The molecule has 0 aliphatic rings. The Morgan fingerprint density at radius 2 is 2.21 bits per heavy atom. The van der Waals surface area contributed by atoms with Crippen LogP contribution in [0, 0.1) is 0 Å². The molecule has 1 aromatic heterocycles. The highest BCUT2D eigenvalue weighted by Crippen LogP contribution is 2.34. The highest BCUT2D eigenvalue weighted by Gasteiger charge is 2.19. The number of nitrogens with two attached hydrogens (primary N) is 1. The molecule has 0 saturated carbocycles. The van der Waals surface area contributed by atoms with Crippen LogP contribution < -0.4 is 5.14 Å². The van der Waals surface area contributed by atoms with E-state index in [1.54, 1.807) is 0 Å². The largest absolute Gasteiger partial charge is 0.239 e. The van der Waals surface area contributed by atoms with Crippen LogP contribution in [0.15, 0.2) is 22.1 Å². The molecule has 1 heterocycles. The van der Waals surface area contributed by atoms with E-state index in [2.05, 4.69) is 30.7 Å². The number of aromatic amines is 1. The number of tetrazole rings is 1.